The van der Waals surface area contributed by atoms with E-state index in [1.165, 1.54) is 0 Å². The van der Waals surface area contributed by atoms with Gasteiger partial charge in [-0.3, -0.25) is 0 Å². The summed E-state index contributed by atoms with van der Waals surface area (Å²) in [5.74, 6) is 0. The van der Waals surface area contributed by atoms with Gasteiger partial charge in [-0.2, -0.15) is 18.4 Å². The van der Waals surface area contributed by atoms with Crippen LogP contribution in [-0.4, -0.2) is 15.0 Å². The second-order valence-corrected chi connectivity index (χ2v) is 2.94. The molecule has 82 valence electrons. The zero-order valence-corrected chi connectivity index (χ0v) is 8.04. The molecule has 1 aromatic rings. The smallest absolute Gasteiger partial charge is 0.240 e. The lowest BCUT2D eigenvalue weighted by Crippen LogP contribution is -2.16. The van der Waals surface area contributed by atoms with Crippen LogP contribution in [0.3, 0.4) is 0 Å². The Morgan fingerprint density at radius 1 is 1.47 bits per heavy atom. The number of halogens is 3. The molecule has 0 aliphatic rings. The quantitative estimate of drug-likeness (QED) is 0.776. The maximum atomic E-state index is 12.6. The van der Waals surface area contributed by atoms with Crippen LogP contribution in [0.1, 0.15) is 24.7 Å². The van der Waals surface area contributed by atoms with Crippen LogP contribution in [-0.2, 0) is 19.1 Å². The van der Waals surface area contributed by atoms with Crippen molar-refractivity contribution in [1.82, 2.24) is 15.0 Å². The average Bonchev–Trinajstić information content (AvgIpc) is 2.48. The van der Waals surface area contributed by atoms with Gasteiger partial charge in [0, 0.05) is 6.54 Å². The standard InChI is InChI=1S/C8H9F3N4/c1-2-5-15-7(8(9,10)11)6(3-4-12)13-14-15/h2-3,5H2,1H3. The molecule has 0 aliphatic heterocycles. The number of aryl methyl sites for hydroxylation is 1. The second kappa shape index (κ2) is 4.29. The van der Waals surface area contributed by atoms with Gasteiger partial charge in [-0.1, -0.05) is 12.1 Å². The average molecular weight is 218 g/mol. The van der Waals surface area contributed by atoms with E-state index in [4.69, 9.17) is 5.26 Å². The fourth-order valence-electron chi connectivity index (χ4n) is 1.22. The Morgan fingerprint density at radius 3 is 2.60 bits per heavy atom. The van der Waals surface area contributed by atoms with E-state index in [1.54, 1.807) is 13.0 Å². The first kappa shape index (κ1) is 11.5. The Morgan fingerprint density at radius 2 is 2.13 bits per heavy atom. The van der Waals surface area contributed by atoms with Gasteiger partial charge in [0.15, 0.2) is 5.69 Å². The molecule has 0 saturated heterocycles. The lowest BCUT2D eigenvalue weighted by Gasteiger charge is -2.09. The third-order valence-electron chi connectivity index (χ3n) is 1.76. The van der Waals surface area contributed by atoms with Gasteiger partial charge in [-0.25, -0.2) is 4.68 Å². The van der Waals surface area contributed by atoms with Crippen LogP contribution in [0.25, 0.3) is 0 Å². The molecule has 0 radical (unpaired) electrons. The second-order valence-electron chi connectivity index (χ2n) is 2.94. The molecule has 1 rings (SSSR count). The Bertz CT molecular complexity index is 374. The molecule has 7 heteroatoms. The minimum absolute atomic E-state index is 0.146. The van der Waals surface area contributed by atoms with Crippen LogP contribution in [0.5, 0.6) is 0 Å². The van der Waals surface area contributed by atoms with Crippen molar-refractivity contribution in [3.05, 3.63) is 11.4 Å². The van der Waals surface area contributed by atoms with Gasteiger partial charge >= 0.3 is 6.18 Å². The van der Waals surface area contributed by atoms with E-state index in [0.717, 1.165) is 4.68 Å². The molecule has 15 heavy (non-hydrogen) atoms. The summed E-state index contributed by atoms with van der Waals surface area (Å²) in [4.78, 5) is 0. The molecular weight excluding hydrogens is 209 g/mol. The van der Waals surface area contributed by atoms with Gasteiger partial charge in [0.1, 0.15) is 5.69 Å². The topological polar surface area (TPSA) is 54.5 Å². The highest BCUT2D eigenvalue weighted by atomic mass is 19.4. The minimum atomic E-state index is -4.51. The SMILES string of the molecule is CCCn1nnc(CC#N)c1C(F)(F)F. The number of aromatic nitrogens is 3. The normalized spacial score (nSPS) is 11.4. The third kappa shape index (κ3) is 2.46. The zero-order valence-electron chi connectivity index (χ0n) is 8.04. The van der Waals surface area contributed by atoms with Crippen molar-refractivity contribution in [2.24, 2.45) is 0 Å². The summed E-state index contributed by atoms with van der Waals surface area (Å²) in [6, 6.07) is 1.64. The van der Waals surface area contributed by atoms with Gasteiger partial charge < -0.3 is 0 Å². The van der Waals surface area contributed by atoms with Crippen LogP contribution in [0, 0.1) is 11.3 Å². The molecule has 1 heterocycles. The van der Waals surface area contributed by atoms with Crippen LogP contribution >= 0.6 is 0 Å². The number of hydrogen-bond acceptors (Lipinski definition) is 3. The Balaban J connectivity index is 3.15. The van der Waals surface area contributed by atoms with Crippen LogP contribution in [0.15, 0.2) is 0 Å². The summed E-state index contributed by atoms with van der Waals surface area (Å²) in [6.45, 7) is 1.89. The van der Waals surface area contributed by atoms with E-state index in [9.17, 15) is 13.2 Å². The van der Waals surface area contributed by atoms with Crippen molar-refractivity contribution in [1.29, 1.82) is 5.26 Å². The first-order valence-corrected chi connectivity index (χ1v) is 4.37. The zero-order chi connectivity index (χ0) is 11.5. The van der Waals surface area contributed by atoms with E-state index in [1.807, 2.05) is 0 Å². The highest BCUT2D eigenvalue weighted by Crippen LogP contribution is 2.31. The van der Waals surface area contributed by atoms with E-state index >= 15 is 0 Å². The maximum Gasteiger partial charge on any atom is 0.434 e. The predicted octanol–water partition coefficient (Wildman–Crippen LogP) is 1.77. The van der Waals surface area contributed by atoms with Gasteiger partial charge in [0.2, 0.25) is 0 Å². The monoisotopic (exact) mass is 218 g/mol. The number of rotatable bonds is 3. The number of nitrogens with zero attached hydrogens (tertiary/aromatic N) is 4. The van der Waals surface area contributed by atoms with Gasteiger partial charge in [-0.15, -0.1) is 5.10 Å². The molecular formula is C8H9F3N4. The molecule has 1 aromatic heterocycles. The van der Waals surface area contributed by atoms with Crippen molar-refractivity contribution in [2.45, 2.75) is 32.5 Å². The minimum Gasteiger partial charge on any atom is -0.240 e. The summed E-state index contributed by atoms with van der Waals surface area (Å²) < 4.78 is 38.5. The summed E-state index contributed by atoms with van der Waals surface area (Å²) in [6.07, 6.45) is -4.36. The predicted molar refractivity (Wildman–Crippen MR) is 44.6 cm³/mol. The lowest BCUT2D eigenvalue weighted by molar-refractivity contribution is -0.144. The van der Waals surface area contributed by atoms with Crippen LogP contribution in [0.2, 0.25) is 0 Å². The highest BCUT2D eigenvalue weighted by Gasteiger charge is 2.38. The molecule has 0 fully saturated rings. The van der Waals surface area contributed by atoms with Crippen molar-refractivity contribution in [2.75, 3.05) is 0 Å². The molecule has 0 N–H and O–H groups in total. The molecule has 0 bridgehead atoms. The van der Waals surface area contributed by atoms with Gasteiger partial charge in [-0.05, 0) is 6.42 Å². The highest BCUT2D eigenvalue weighted by molar-refractivity contribution is 5.17. The molecule has 4 nitrogen and oxygen atoms in total. The van der Waals surface area contributed by atoms with E-state index in [-0.39, 0.29) is 18.7 Å². The van der Waals surface area contributed by atoms with E-state index < -0.39 is 11.9 Å². The number of nitriles is 1. The first-order valence-electron chi connectivity index (χ1n) is 4.37. The molecule has 0 aromatic carbocycles. The Kier molecular flexibility index (Phi) is 3.29. The lowest BCUT2D eigenvalue weighted by atomic mass is 10.2. The summed E-state index contributed by atoms with van der Waals surface area (Å²) in [7, 11) is 0. The Labute approximate surface area is 84.3 Å². The van der Waals surface area contributed by atoms with Gasteiger partial charge in [0.25, 0.3) is 0 Å². The molecule has 0 aliphatic carbocycles. The Hall–Kier alpha value is -1.58. The van der Waals surface area contributed by atoms with Crippen LogP contribution < -0.4 is 0 Å². The fourth-order valence-corrected chi connectivity index (χ4v) is 1.22. The van der Waals surface area contributed by atoms with Crippen molar-refractivity contribution < 1.29 is 13.2 Å². The van der Waals surface area contributed by atoms with Gasteiger partial charge in [0.05, 0.1) is 12.5 Å². The largest absolute Gasteiger partial charge is 0.434 e. The third-order valence-corrected chi connectivity index (χ3v) is 1.76. The summed E-state index contributed by atoms with van der Waals surface area (Å²) >= 11 is 0. The van der Waals surface area contributed by atoms with E-state index in [2.05, 4.69) is 10.3 Å². The molecule has 0 amide bonds. The molecule has 0 spiro atoms. The van der Waals surface area contributed by atoms with E-state index in [0.29, 0.717) is 6.42 Å². The van der Waals surface area contributed by atoms with Crippen LogP contribution in [0.4, 0.5) is 13.2 Å². The fraction of sp³-hybridized carbons (Fsp3) is 0.625. The first-order chi connectivity index (χ1) is 7.00. The maximum absolute atomic E-state index is 12.6. The number of hydrogen-bond donors (Lipinski definition) is 0. The number of alkyl halides is 3. The molecule has 0 unspecified atom stereocenters. The van der Waals surface area contributed by atoms with Crippen molar-refractivity contribution in [3.63, 3.8) is 0 Å². The molecule has 0 saturated carbocycles. The summed E-state index contributed by atoms with van der Waals surface area (Å²) in [5, 5.41) is 15.1. The summed E-state index contributed by atoms with van der Waals surface area (Å²) in [5.41, 5.74) is -1.22. The molecule has 0 atom stereocenters. The van der Waals surface area contributed by atoms with Crippen molar-refractivity contribution >= 4 is 0 Å². The van der Waals surface area contributed by atoms with Crippen molar-refractivity contribution in [3.8, 4) is 6.07 Å².